The molecule has 7 atom stereocenters. The van der Waals surface area contributed by atoms with Gasteiger partial charge in [0.05, 0.1) is 18.3 Å². The molecule has 0 amide bonds. The molecule has 30 heavy (non-hydrogen) atoms. The number of methoxy groups -OCH3 is 1. The van der Waals surface area contributed by atoms with E-state index in [2.05, 4.69) is 19.9 Å². The summed E-state index contributed by atoms with van der Waals surface area (Å²) in [7, 11) is 1.74. The maximum absolute atomic E-state index is 11.5. The second-order valence-electron chi connectivity index (χ2n) is 10.6. The first-order valence-electron chi connectivity index (χ1n) is 11.7. The van der Waals surface area contributed by atoms with Crippen molar-refractivity contribution in [2.45, 2.75) is 84.2 Å². The quantitative estimate of drug-likeness (QED) is 0.428. The predicted octanol–water partition coefficient (Wildman–Crippen LogP) is 6.13. The van der Waals surface area contributed by atoms with Crippen LogP contribution in [0.3, 0.4) is 0 Å². The number of rotatable bonds is 3. The van der Waals surface area contributed by atoms with Gasteiger partial charge in [-0.1, -0.05) is 36.8 Å². The topological polar surface area (TPSA) is 48.4 Å². The Bertz CT molecular complexity index is 862. The Morgan fingerprint density at radius 1 is 1.17 bits per heavy atom. The van der Waals surface area contributed by atoms with Crippen LogP contribution >= 0.6 is 11.3 Å². The summed E-state index contributed by atoms with van der Waals surface area (Å²) in [6, 6.07) is 0. The summed E-state index contributed by atoms with van der Waals surface area (Å²) < 4.78 is 11.0. The van der Waals surface area contributed by atoms with E-state index >= 15 is 0 Å². The zero-order valence-corrected chi connectivity index (χ0v) is 19.6. The number of hydrogen-bond donors (Lipinski definition) is 0. The molecule has 0 bridgehead atoms. The summed E-state index contributed by atoms with van der Waals surface area (Å²) in [5, 5.41) is 2.23. The van der Waals surface area contributed by atoms with E-state index in [0.29, 0.717) is 16.7 Å². The molecule has 0 radical (unpaired) electrons. The molecule has 2 unspecified atom stereocenters. The van der Waals surface area contributed by atoms with Crippen LogP contribution in [0.2, 0.25) is 0 Å². The number of aromatic nitrogens is 1. The molecule has 4 nitrogen and oxygen atoms in total. The Hall–Kier alpha value is -1.36. The van der Waals surface area contributed by atoms with Gasteiger partial charge in [0.15, 0.2) is 5.06 Å². The van der Waals surface area contributed by atoms with Gasteiger partial charge in [-0.15, -0.1) is 0 Å². The number of ether oxygens (including phenoxy) is 2. The van der Waals surface area contributed by atoms with Gasteiger partial charge in [-0.25, -0.2) is 4.98 Å². The van der Waals surface area contributed by atoms with Crippen LogP contribution in [-0.4, -0.2) is 24.2 Å². The number of nitrogens with zero attached hydrogens (tertiary/aromatic N) is 1. The molecular weight excluding hydrogens is 394 g/mol. The first-order valence-corrected chi connectivity index (χ1v) is 12.5. The average molecular weight is 430 g/mol. The Labute approximate surface area is 184 Å². The van der Waals surface area contributed by atoms with E-state index in [1.807, 2.05) is 6.20 Å². The van der Waals surface area contributed by atoms with E-state index in [9.17, 15) is 4.79 Å². The highest BCUT2D eigenvalue weighted by Gasteiger charge is 2.59. The molecule has 0 spiro atoms. The Balaban J connectivity index is 1.39. The molecule has 4 aliphatic rings. The van der Waals surface area contributed by atoms with Crippen LogP contribution in [-0.2, 0) is 9.53 Å². The number of allylic oxidation sites excluding steroid dienone is 1. The second kappa shape index (κ2) is 7.36. The van der Waals surface area contributed by atoms with Crippen LogP contribution in [0.1, 0.15) is 83.1 Å². The largest absolute Gasteiger partial charge is 0.486 e. The fourth-order valence-electron chi connectivity index (χ4n) is 7.90. The van der Waals surface area contributed by atoms with Crippen molar-refractivity contribution < 1.29 is 14.3 Å². The van der Waals surface area contributed by atoms with E-state index in [1.54, 1.807) is 24.0 Å². The molecule has 1 aromatic rings. The fourth-order valence-corrected chi connectivity index (χ4v) is 8.93. The highest BCUT2D eigenvalue weighted by Crippen LogP contribution is 2.68. The van der Waals surface area contributed by atoms with Crippen molar-refractivity contribution >= 4 is 17.3 Å². The van der Waals surface area contributed by atoms with Crippen molar-refractivity contribution in [3.63, 3.8) is 0 Å². The minimum Gasteiger partial charge on any atom is -0.486 e. The molecular formula is C25H35NO3S. The standard InChI is InChI=1S/C25H35NO3S/c1-15(27)29-17-9-11-24(2)16(13-17)5-6-18-19-7-8-21(23-26-14-22(28-4)30-23)25(19,3)12-10-20(18)24/h5,14,17-21H,6-13H2,1-4H3/t17-,18-,19?,20?,21+,24-,25-/m0/s1. The number of hydrogen-bond acceptors (Lipinski definition) is 5. The molecule has 4 aliphatic carbocycles. The van der Waals surface area contributed by atoms with Gasteiger partial charge >= 0.3 is 5.97 Å². The Morgan fingerprint density at radius 2 is 2.00 bits per heavy atom. The molecule has 5 heteroatoms. The molecule has 3 fully saturated rings. The minimum absolute atomic E-state index is 0.0861. The fraction of sp³-hybridized carbons (Fsp3) is 0.760. The van der Waals surface area contributed by atoms with E-state index in [4.69, 9.17) is 14.5 Å². The molecule has 164 valence electrons. The van der Waals surface area contributed by atoms with Gasteiger partial charge < -0.3 is 9.47 Å². The number of carbonyl (C=O) groups excluding carboxylic acids is 1. The molecule has 1 aromatic heterocycles. The van der Waals surface area contributed by atoms with Crippen molar-refractivity contribution in [2.24, 2.45) is 28.6 Å². The zero-order valence-electron chi connectivity index (χ0n) is 18.8. The smallest absolute Gasteiger partial charge is 0.302 e. The van der Waals surface area contributed by atoms with Crippen molar-refractivity contribution in [2.75, 3.05) is 7.11 Å². The molecule has 1 heterocycles. The van der Waals surface area contributed by atoms with E-state index in [1.165, 1.54) is 44.0 Å². The maximum Gasteiger partial charge on any atom is 0.302 e. The summed E-state index contributed by atoms with van der Waals surface area (Å²) in [4.78, 5) is 16.2. The Kier molecular flexibility index (Phi) is 5.04. The second-order valence-corrected chi connectivity index (χ2v) is 11.7. The first kappa shape index (κ1) is 20.5. The van der Waals surface area contributed by atoms with Crippen LogP contribution in [0, 0.1) is 28.6 Å². The van der Waals surface area contributed by atoms with Crippen LogP contribution < -0.4 is 4.74 Å². The van der Waals surface area contributed by atoms with Gasteiger partial charge in [0.25, 0.3) is 0 Å². The first-order chi connectivity index (χ1) is 14.3. The summed E-state index contributed by atoms with van der Waals surface area (Å²) in [6.45, 7) is 6.61. The molecule has 3 saturated carbocycles. The number of fused-ring (bicyclic) bond motifs is 5. The van der Waals surface area contributed by atoms with Crippen molar-refractivity contribution in [1.29, 1.82) is 0 Å². The summed E-state index contributed by atoms with van der Waals surface area (Å²) in [6.07, 6.45) is 14.1. The molecule has 0 N–H and O–H groups in total. The SMILES string of the molecule is COc1cnc([C@H]2CCC3[C@@H]4CC=C5C[C@@H](OC(C)=O)CC[C@]5(C)C4CC[C@@]32C)s1. The number of carbonyl (C=O) groups is 1. The molecule has 5 rings (SSSR count). The molecule has 0 saturated heterocycles. The van der Waals surface area contributed by atoms with Gasteiger partial charge in [-0.2, -0.15) is 0 Å². The van der Waals surface area contributed by atoms with Crippen molar-refractivity contribution in [3.05, 3.63) is 22.9 Å². The van der Waals surface area contributed by atoms with E-state index in [0.717, 1.165) is 42.1 Å². The molecule has 0 aliphatic heterocycles. The third-order valence-electron chi connectivity index (χ3n) is 9.39. The highest BCUT2D eigenvalue weighted by molar-refractivity contribution is 7.13. The average Bonchev–Trinajstić information content (AvgIpc) is 3.31. The lowest BCUT2D eigenvalue weighted by Crippen LogP contribution is -2.50. The van der Waals surface area contributed by atoms with E-state index < -0.39 is 0 Å². The lowest BCUT2D eigenvalue weighted by molar-refractivity contribution is -0.148. The van der Waals surface area contributed by atoms with Crippen LogP contribution in [0.4, 0.5) is 0 Å². The van der Waals surface area contributed by atoms with Crippen LogP contribution in [0.15, 0.2) is 17.8 Å². The maximum atomic E-state index is 11.5. The van der Waals surface area contributed by atoms with Gasteiger partial charge in [0, 0.05) is 19.3 Å². The van der Waals surface area contributed by atoms with Gasteiger partial charge in [0.2, 0.25) is 0 Å². The van der Waals surface area contributed by atoms with Crippen LogP contribution in [0.5, 0.6) is 5.06 Å². The highest BCUT2D eigenvalue weighted by atomic mass is 32.1. The monoisotopic (exact) mass is 429 g/mol. The van der Waals surface area contributed by atoms with Gasteiger partial charge in [-0.05, 0) is 73.5 Å². The Morgan fingerprint density at radius 3 is 2.73 bits per heavy atom. The minimum atomic E-state index is -0.137. The number of thiazole rings is 1. The van der Waals surface area contributed by atoms with Crippen molar-refractivity contribution in [3.8, 4) is 5.06 Å². The summed E-state index contributed by atoms with van der Waals surface area (Å²) in [5.41, 5.74) is 2.23. The third kappa shape index (κ3) is 3.06. The van der Waals surface area contributed by atoms with Crippen molar-refractivity contribution in [1.82, 2.24) is 4.98 Å². The number of esters is 1. The molecule has 0 aromatic carbocycles. The van der Waals surface area contributed by atoms with Gasteiger partial charge in [0.1, 0.15) is 6.10 Å². The lowest BCUT2D eigenvalue weighted by Gasteiger charge is -2.58. The normalized spacial score (nSPS) is 42.5. The van der Waals surface area contributed by atoms with Crippen LogP contribution in [0.25, 0.3) is 0 Å². The van der Waals surface area contributed by atoms with Gasteiger partial charge in [-0.3, -0.25) is 4.79 Å². The third-order valence-corrected chi connectivity index (χ3v) is 10.5. The van der Waals surface area contributed by atoms with E-state index in [-0.39, 0.29) is 12.1 Å². The zero-order chi connectivity index (χ0) is 21.1. The lowest BCUT2D eigenvalue weighted by atomic mass is 9.47. The predicted molar refractivity (Wildman–Crippen MR) is 119 cm³/mol. The summed E-state index contributed by atoms with van der Waals surface area (Å²) >= 11 is 1.75. The summed E-state index contributed by atoms with van der Waals surface area (Å²) in [5.74, 6) is 2.79.